The van der Waals surface area contributed by atoms with Gasteiger partial charge in [-0.1, -0.05) is 17.7 Å². The summed E-state index contributed by atoms with van der Waals surface area (Å²) in [5, 5.41) is 3.77. The average molecular weight is 370 g/mol. The molecule has 0 spiro atoms. The zero-order valence-corrected chi connectivity index (χ0v) is 13.7. The number of esters is 1. The maximum absolute atomic E-state index is 11.6. The highest BCUT2D eigenvalue weighted by atomic mass is 79.9. The number of rotatable bonds is 4. The summed E-state index contributed by atoms with van der Waals surface area (Å²) in [4.78, 5) is 11.6. The predicted octanol–water partition coefficient (Wildman–Crippen LogP) is 4.61. The standard InChI is InChI=1S/C15H14BrClN2O2/c1-2-21-15(20)9-6-7-12(11(18)8-9)19-13-5-3-4-10(17)14(13)16/h3-8,19H,2,18H2,1H3. The second-order valence-electron chi connectivity index (χ2n) is 4.25. The summed E-state index contributed by atoms with van der Waals surface area (Å²) in [6, 6.07) is 10.5. The average Bonchev–Trinajstić information content (AvgIpc) is 2.46. The molecule has 21 heavy (non-hydrogen) atoms. The Morgan fingerprint density at radius 3 is 2.76 bits per heavy atom. The molecule has 0 aliphatic heterocycles. The van der Waals surface area contributed by atoms with Crippen LogP contribution < -0.4 is 11.1 Å². The van der Waals surface area contributed by atoms with Gasteiger partial charge in [-0.15, -0.1) is 0 Å². The van der Waals surface area contributed by atoms with Crippen molar-refractivity contribution in [2.75, 3.05) is 17.7 Å². The lowest BCUT2D eigenvalue weighted by Crippen LogP contribution is -2.06. The first-order valence-electron chi connectivity index (χ1n) is 6.30. The van der Waals surface area contributed by atoms with E-state index in [1.807, 2.05) is 12.1 Å². The smallest absolute Gasteiger partial charge is 0.338 e. The SMILES string of the molecule is CCOC(=O)c1ccc(Nc2cccc(Cl)c2Br)c(N)c1. The Morgan fingerprint density at radius 1 is 1.33 bits per heavy atom. The molecule has 3 N–H and O–H groups in total. The Balaban J connectivity index is 2.25. The van der Waals surface area contributed by atoms with Gasteiger partial charge in [-0.05, 0) is 53.2 Å². The number of hydrogen-bond acceptors (Lipinski definition) is 4. The molecule has 0 aromatic heterocycles. The molecular formula is C15H14BrClN2O2. The van der Waals surface area contributed by atoms with Crippen LogP contribution in [0.5, 0.6) is 0 Å². The summed E-state index contributed by atoms with van der Waals surface area (Å²) in [6.45, 7) is 2.09. The van der Waals surface area contributed by atoms with Crippen molar-refractivity contribution in [3.8, 4) is 0 Å². The third-order valence-corrected chi connectivity index (χ3v) is 4.18. The van der Waals surface area contributed by atoms with Crippen LogP contribution in [0.2, 0.25) is 5.02 Å². The van der Waals surface area contributed by atoms with Crippen LogP contribution in [0, 0.1) is 0 Å². The van der Waals surface area contributed by atoms with Crippen LogP contribution in [0.4, 0.5) is 17.1 Å². The van der Waals surface area contributed by atoms with Crippen LogP contribution in [0.15, 0.2) is 40.9 Å². The Morgan fingerprint density at radius 2 is 2.10 bits per heavy atom. The van der Waals surface area contributed by atoms with Gasteiger partial charge in [-0.2, -0.15) is 0 Å². The number of benzene rings is 2. The van der Waals surface area contributed by atoms with Crippen molar-refractivity contribution in [3.05, 3.63) is 51.5 Å². The first-order chi connectivity index (χ1) is 10.0. The summed E-state index contributed by atoms with van der Waals surface area (Å²) in [6.07, 6.45) is 0. The third-order valence-electron chi connectivity index (χ3n) is 2.78. The van der Waals surface area contributed by atoms with Crippen LogP contribution in [-0.2, 0) is 4.74 Å². The number of hydrogen-bond donors (Lipinski definition) is 2. The first kappa shape index (κ1) is 15.7. The topological polar surface area (TPSA) is 64.3 Å². The molecule has 2 aromatic carbocycles. The molecule has 0 heterocycles. The fourth-order valence-electron chi connectivity index (χ4n) is 1.76. The van der Waals surface area contributed by atoms with E-state index in [2.05, 4.69) is 21.2 Å². The number of carbonyl (C=O) groups is 1. The van der Waals surface area contributed by atoms with E-state index >= 15 is 0 Å². The lowest BCUT2D eigenvalue weighted by atomic mass is 10.1. The van der Waals surface area contributed by atoms with Crippen molar-refractivity contribution in [2.24, 2.45) is 0 Å². The molecule has 0 saturated carbocycles. The number of ether oxygens (including phenoxy) is 1. The molecule has 4 nitrogen and oxygen atoms in total. The molecule has 2 rings (SSSR count). The maximum Gasteiger partial charge on any atom is 0.338 e. The minimum Gasteiger partial charge on any atom is -0.462 e. The molecule has 0 bridgehead atoms. The van der Waals surface area contributed by atoms with E-state index < -0.39 is 0 Å². The van der Waals surface area contributed by atoms with Gasteiger partial charge in [0.1, 0.15) is 0 Å². The van der Waals surface area contributed by atoms with Gasteiger partial charge in [0.25, 0.3) is 0 Å². The Bertz CT molecular complexity index is 677. The van der Waals surface area contributed by atoms with Gasteiger partial charge in [-0.25, -0.2) is 4.79 Å². The van der Waals surface area contributed by atoms with E-state index in [-0.39, 0.29) is 5.97 Å². The van der Waals surface area contributed by atoms with E-state index in [1.54, 1.807) is 31.2 Å². The highest BCUT2D eigenvalue weighted by Gasteiger charge is 2.10. The van der Waals surface area contributed by atoms with Gasteiger partial charge in [0.15, 0.2) is 0 Å². The molecular weight excluding hydrogens is 356 g/mol. The molecule has 6 heteroatoms. The fourth-order valence-corrected chi connectivity index (χ4v) is 2.30. The minimum absolute atomic E-state index is 0.328. The molecule has 0 aliphatic carbocycles. The van der Waals surface area contributed by atoms with Gasteiger partial charge in [0.05, 0.1) is 38.7 Å². The van der Waals surface area contributed by atoms with Crippen LogP contribution >= 0.6 is 27.5 Å². The number of anilines is 3. The zero-order valence-electron chi connectivity index (χ0n) is 11.3. The Hall–Kier alpha value is -1.72. The van der Waals surface area contributed by atoms with Crippen LogP contribution in [-0.4, -0.2) is 12.6 Å². The maximum atomic E-state index is 11.6. The Kier molecular flexibility index (Phi) is 5.09. The van der Waals surface area contributed by atoms with Crippen molar-refractivity contribution >= 4 is 50.6 Å². The van der Waals surface area contributed by atoms with Crippen molar-refractivity contribution in [2.45, 2.75) is 6.92 Å². The Labute approximate surface area is 136 Å². The van der Waals surface area contributed by atoms with E-state index in [9.17, 15) is 4.79 Å². The summed E-state index contributed by atoms with van der Waals surface area (Å²) in [5.74, 6) is -0.389. The fraction of sp³-hybridized carbons (Fsp3) is 0.133. The quantitative estimate of drug-likeness (QED) is 0.610. The molecule has 0 fully saturated rings. The lowest BCUT2D eigenvalue weighted by Gasteiger charge is -2.12. The number of nitrogen functional groups attached to an aromatic ring is 1. The summed E-state index contributed by atoms with van der Waals surface area (Å²) < 4.78 is 5.69. The van der Waals surface area contributed by atoms with Crippen molar-refractivity contribution < 1.29 is 9.53 Å². The van der Waals surface area contributed by atoms with E-state index in [1.165, 1.54) is 0 Å². The van der Waals surface area contributed by atoms with Gasteiger partial charge in [0, 0.05) is 0 Å². The molecule has 0 atom stereocenters. The minimum atomic E-state index is -0.389. The summed E-state index contributed by atoms with van der Waals surface area (Å²) in [7, 11) is 0. The van der Waals surface area contributed by atoms with Crippen LogP contribution in [0.1, 0.15) is 17.3 Å². The monoisotopic (exact) mass is 368 g/mol. The van der Waals surface area contributed by atoms with Gasteiger partial charge < -0.3 is 15.8 Å². The van der Waals surface area contributed by atoms with Crippen molar-refractivity contribution in [1.82, 2.24) is 0 Å². The van der Waals surface area contributed by atoms with E-state index in [4.69, 9.17) is 22.1 Å². The van der Waals surface area contributed by atoms with E-state index in [0.29, 0.717) is 28.6 Å². The molecule has 0 saturated heterocycles. The predicted molar refractivity (Wildman–Crippen MR) is 89.2 cm³/mol. The van der Waals surface area contributed by atoms with Crippen molar-refractivity contribution in [1.29, 1.82) is 0 Å². The van der Waals surface area contributed by atoms with Gasteiger partial charge >= 0.3 is 5.97 Å². The highest BCUT2D eigenvalue weighted by molar-refractivity contribution is 9.10. The highest BCUT2D eigenvalue weighted by Crippen LogP contribution is 2.33. The normalized spacial score (nSPS) is 10.2. The molecule has 0 amide bonds. The largest absolute Gasteiger partial charge is 0.462 e. The number of carbonyl (C=O) groups excluding carboxylic acids is 1. The van der Waals surface area contributed by atoms with Crippen molar-refractivity contribution in [3.63, 3.8) is 0 Å². The molecule has 110 valence electrons. The second kappa shape index (κ2) is 6.83. The van der Waals surface area contributed by atoms with Crippen LogP contribution in [0.3, 0.4) is 0 Å². The second-order valence-corrected chi connectivity index (χ2v) is 5.45. The van der Waals surface area contributed by atoms with Crippen LogP contribution in [0.25, 0.3) is 0 Å². The molecule has 0 unspecified atom stereocenters. The van der Waals surface area contributed by atoms with Gasteiger partial charge in [0.2, 0.25) is 0 Å². The molecule has 0 aliphatic rings. The van der Waals surface area contributed by atoms with E-state index in [0.717, 1.165) is 10.2 Å². The number of nitrogens with two attached hydrogens (primary N) is 1. The lowest BCUT2D eigenvalue weighted by molar-refractivity contribution is 0.0526. The summed E-state index contributed by atoms with van der Waals surface area (Å²) >= 11 is 9.45. The molecule has 0 radical (unpaired) electrons. The first-order valence-corrected chi connectivity index (χ1v) is 7.47. The number of nitrogens with one attached hydrogen (secondary N) is 1. The summed E-state index contributed by atoms with van der Waals surface area (Å²) in [5.41, 5.74) is 8.32. The molecule has 2 aromatic rings. The number of halogens is 2. The van der Waals surface area contributed by atoms with Gasteiger partial charge in [-0.3, -0.25) is 0 Å². The third kappa shape index (κ3) is 3.68. The zero-order chi connectivity index (χ0) is 15.4.